The van der Waals surface area contributed by atoms with Crippen molar-refractivity contribution in [1.82, 2.24) is 20.9 Å². The summed E-state index contributed by atoms with van der Waals surface area (Å²) in [6.07, 6.45) is 1.83. The van der Waals surface area contributed by atoms with Crippen LogP contribution in [0.5, 0.6) is 5.75 Å². The molecule has 0 spiro atoms. The van der Waals surface area contributed by atoms with Gasteiger partial charge in [-0.2, -0.15) is 0 Å². The molecule has 2 heterocycles. The lowest BCUT2D eigenvalue weighted by atomic mass is 9.97. The average molecular weight is 551 g/mol. The van der Waals surface area contributed by atoms with Crippen LogP contribution in [-0.2, 0) is 27.2 Å². The second kappa shape index (κ2) is 14.3. The van der Waals surface area contributed by atoms with E-state index in [1.54, 1.807) is 0 Å². The van der Waals surface area contributed by atoms with Gasteiger partial charge in [0, 0.05) is 32.5 Å². The van der Waals surface area contributed by atoms with Crippen molar-refractivity contribution >= 4 is 17.7 Å². The molecule has 4 N–H and O–H groups in total. The van der Waals surface area contributed by atoms with Gasteiger partial charge in [-0.3, -0.25) is 14.4 Å². The number of amides is 3. The summed E-state index contributed by atoms with van der Waals surface area (Å²) in [5.41, 5.74) is 1.96. The number of aryl methyl sites for hydroxylation is 1. The van der Waals surface area contributed by atoms with Crippen LogP contribution >= 0.6 is 0 Å². The molecule has 0 radical (unpaired) electrons. The van der Waals surface area contributed by atoms with Crippen molar-refractivity contribution in [3.05, 3.63) is 65.7 Å². The third-order valence-corrected chi connectivity index (χ3v) is 7.88. The molecule has 0 aliphatic carbocycles. The molecule has 2 aromatic carbocycles. The predicted octanol–water partition coefficient (Wildman–Crippen LogP) is 1.82. The minimum atomic E-state index is -0.857. The van der Waals surface area contributed by atoms with Gasteiger partial charge in [-0.25, -0.2) is 0 Å². The SMILES string of the molecule is CCC(C)[C@@H]1NCCOc2ccccc2CCCNC(=O)[C@@H](Cc2ccccc2)NC(=O)C2C[C@H](O)CN2C1=O. The van der Waals surface area contributed by atoms with Crippen LogP contribution < -0.4 is 20.7 Å². The highest BCUT2D eigenvalue weighted by Crippen LogP contribution is 2.23. The Labute approximate surface area is 236 Å². The van der Waals surface area contributed by atoms with Gasteiger partial charge < -0.3 is 30.7 Å². The molecule has 0 saturated carbocycles. The fourth-order valence-electron chi connectivity index (χ4n) is 5.42. The third-order valence-electron chi connectivity index (χ3n) is 7.88. The van der Waals surface area contributed by atoms with Gasteiger partial charge in [0.2, 0.25) is 17.7 Å². The van der Waals surface area contributed by atoms with E-state index in [9.17, 15) is 19.5 Å². The number of hydrogen-bond donors (Lipinski definition) is 4. The number of aliphatic hydroxyl groups is 1. The van der Waals surface area contributed by atoms with Crippen molar-refractivity contribution in [3.63, 3.8) is 0 Å². The van der Waals surface area contributed by atoms with Crippen molar-refractivity contribution in [3.8, 4) is 5.75 Å². The summed E-state index contributed by atoms with van der Waals surface area (Å²) < 4.78 is 6.08. The molecule has 9 nitrogen and oxygen atoms in total. The maximum atomic E-state index is 13.8. The van der Waals surface area contributed by atoms with Crippen LogP contribution in [0.25, 0.3) is 0 Å². The fourth-order valence-corrected chi connectivity index (χ4v) is 5.42. The van der Waals surface area contributed by atoms with Crippen LogP contribution in [0.4, 0.5) is 0 Å². The fraction of sp³-hybridized carbons (Fsp3) is 0.516. The van der Waals surface area contributed by atoms with Crippen LogP contribution in [-0.4, -0.2) is 78.2 Å². The molecule has 1 fully saturated rings. The normalized spacial score (nSPS) is 25.9. The highest BCUT2D eigenvalue weighted by atomic mass is 16.5. The first-order valence-electron chi connectivity index (χ1n) is 14.4. The first-order valence-corrected chi connectivity index (χ1v) is 14.4. The first kappa shape index (κ1) is 29.6. The molecule has 5 atom stereocenters. The van der Waals surface area contributed by atoms with Crippen molar-refractivity contribution in [1.29, 1.82) is 0 Å². The molecule has 1 saturated heterocycles. The molecule has 9 heteroatoms. The zero-order valence-electron chi connectivity index (χ0n) is 23.5. The first-order chi connectivity index (χ1) is 19.4. The highest BCUT2D eigenvalue weighted by Gasteiger charge is 2.42. The summed E-state index contributed by atoms with van der Waals surface area (Å²) in [5.74, 6) is -0.138. The topological polar surface area (TPSA) is 120 Å². The highest BCUT2D eigenvalue weighted by molar-refractivity contribution is 5.93. The van der Waals surface area contributed by atoms with Gasteiger partial charge in [0.25, 0.3) is 0 Å². The van der Waals surface area contributed by atoms with Crippen molar-refractivity contribution < 1.29 is 24.2 Å². The number of hydrogen-bond acceptors (Lipinski definition) is 6. The molecular formula is C31H42N4O5. The molecule has 2 unspecified atom stereocenters. The van der Waals surface area contributed by atoms with E-state index in [0.717, 1.165) is 29.7 Å². The number of carbonyl (C=O) groups excluding carboxylic acids is 3. The van der Waals surface area contributed by atoms with E-state index in [2.05, 4.69) is 16.0 Å². The molecule has 2 aliphatic rings. The van der Waals surface area contributed by atoms with Crippen LogP contribution in [0.15, 0.2) is 54.6 Å². The third kappa shape index (κ3) is 7.61. The quantitative estimate of drug-likeness (QED) is 0.461. The summed E-state index contributed by atoms with van der Waals surface area (Å²) in [6, 6.07) is 15.2. The molecule has 4 rings (SSSR count). The molecule has 2 aromatic rings. The Balaban J connectivity index is 1.60. The van der Waals surface area contributed by atoms with Crippen LogP contribution in [0.2, 0.25) is 0 Å². The Morgan fingerprint density at radius 1 is 1.02 bits per heavy atom. The van der Waals surface area contributed by atoms with E-state index < -0.39 is 30.1 Å². The Kier molecular flexibility index (Phi) is 10.5. The van der Waals surface area contributed by atoms with Crippen LogP contribution in [0, 0.1) is 5.92 Å². The van der Waals surface area contributed by atoms with Crippen LogP contribution in [0.3, 0.4) is 0 Å². The maximum absolute atomic E-state index is 13.8. The van der Waals surface area contributed by atoms with Crippen molar-refractivity contribution in [2.45, 2.75) is 70.2 Å². The van der Waals surface area contributed by atoms with Gasteiger partial charge in [-0.15, -0.1) is 0 Å². The number of fused-ring (bicyclic) bond motifs is 2. The largest absolute Gasteiger partial charge is 0.492 e. The molecule has 3 amide bonds. The Bertz CT molecular complexity index is 1140. The number of para-hydroxylation sites is 1. The smallest absolute Gasteiger partial charge is 0.243 e. The van der Waals surface area contributed by atoms with Gasteiger partial charge in [-0.05, 0) is 36.0 Å². The lowest BCUT2D eigenvalue weighted by molar-refractivity contribution is -0.141. The second-order valence-electron chi connectivity index (χ2n) is 10.8. The van der Waals surface area contributed by atoms with Gasteiger partial charge in [0.1, 0.15) is 24.4 Å². The Morgan fingerprint density at radius 3 is 2.55 bits per heavy atom. The van der Waals surface area contributed by atoms with Gasteiger partial charge in [-0.1, -0.05) is 68.8 Å². The van der Waals surface area contributed by atoms with E-state index in [0.29, 0.717) is 32.5 Å². The number of carbonyl (C=O) groups is 3. The summed E-state index contributed by atoms with van der Waals surface area (Å²) in [5, 5.41) is 19.7. The number of nitrogens with zero attached hydrogens (tertiary/aromatic N) is 1. The number of aliphatic hydroxyl groups excluding tert-OH is 1. The molecule has 0 bridgehead atoms. The number of benzene rings is 2. The summed E-state index contributed by atoms with van der Waals surface area (Å²) >= 11 is 0. The van der Waals surface area contributed by atoms with Gasteiger partial charge >= 0.3 is 0 Å². The lowest BCUT2D eigenvalue weighted by Crippen LogP contribution is -2.57. The van der Waals surface area contributed by atoms with E-state index in [1.165, 1.54) is 4.90 Å². The van der Waals surface area contributed by atoms with E-state index in [4.69, 9.17) is 4.74 Å². The molecule has 0 aromatic heterocycles. The van der Waals surface area contributed by atoms with Gasteiger partial charge in [0.05, 0.1) is 12.1 Å². The minimum Gasteiger partial charge on any atom is -0.492 e. The van der Waals surface area contributed by atoms with E-state index in [1.807, 2.05) is 68.4 Å². The molecule has 40 heavy (non-hydrogen) atoms. The maximum Gasteiger partial charge on any atom is 0.243 e. The number of nitrogens with one attached hydrogen (secondary N) is 3. The number of ether oxygens (including phenoxy) is 1. The Morgan fingerprint density at radius 2 is 1.77 bits per heavy atom. The van der Waals surface area contributed by atoms with Crippen molar-refractivity contribution in [2.75, 3.05) is 26.2 Å². The lowest BCUT2D eigenvalue weighted by Gasteiger charge is -2.32. The number of rotatable bonds is 4. The molecule has 2 aliphatic heterocycles. The summed E-state index contributed by atoms with van der Waals surface area (Å²) in [6.45, 7) is 5.37. The molecular weight excluding hydrogens is 508 g/mol. The zero-order valence-corrected chi connectivity index (χ0v) is 23.5. The monoisotopic (exact) mass is 550 g/mol. The van der Waals surface area contributed by atoms with Gasteiger partial charge in [0.15, 0.2) is 0 Å². The zero-order chi connectivity index (χ0) is 28.5. The minimum absolute atomic E-state index is 0.00319. The average Bonchev–Trinajstić information content (AvgIpc) is 3.36. The molecule has 216 valence electrons. The predicted molar refractivity (Wildman–Crippen MR) is 153 cm³/mol. The van der Waals surface area contributed by atoms with E-state index >= 15 is 0 Å². The van der Waals surface area contributed by atoms with Crippen molar-refractivity contribution in [2.24, 2.45) is 5.92 Å². The summed E-state index contributed by atoms with van der Waals surface area (Å²) in [7, 11) is 0. The van der Waals surface area contributed by atoms with Crippen LogP contribution in [0.1, 0.15) is 44.2 Å². The second-order valence-corrected chi connectivity index (χ2v) is 10.8. The van der Waals surface area contributed by atoms with E-state index in [-0.39, 0.29) is 30.7 Å². The Hall–Kier alpha value is -3.43. The summed E-state index contributed by atoms with van der Waals surface area (Å²) in [4.78, 5) is 42.2. The standard InChI is InChI=1S/C31H42N4O5/c1-3-21(2)28-31(39)35-20-24(36)19-26(35)30(38)34-25(18-22-10-5-4-6-11-22)29(37)33-15-9-13-23-12-7-8-14-27(23)40-17-16-32-28/h4-8,10-12,14,21,24-26,28,32,36H,3,9,13,15-20H2,1-2H3,(H,33,37)(H,34,38)/t21?,24-,25+,26?,28-/m0/s1.